The van der Waals surface area contributed by atoms with Gasteiger partial charge in [-0.2, -0.15) is 0 Å². The van der Waals surface area contributed by atoms with Gasteiger partial charge in [-0.25, -0.2) is 0 Å². The Morgan fingerprint density at radius 3 is 2.81 bits per heavy atom. The standard InChI is InChI=1S/C11H15N3O2/c1-7-3-4-9(16-7)10-8(5-6-12)11(15)14(2)13-10/h3-4,13H,5-6,12H2,1-2H3. The second-order valence-electron chi connectivity index (χ2n) is 3.78. The van der Waals surface area contributed by atoms with Crippen LogP contribution in [-0.4, -0.2) is 16.3 Å². The molecule has 0 bridgehead atoms. The summed E-state index contributed by atoms with van der Waals surface area (Å²) in [6, 6.07) is 3.72. The monoisotopic (exact) mass is 221 g/mol. The van der Waals surface area contributed by atoms with Gasteiger partial charge in [-0.15, -0.1) is 0 Å². The van der Waals surface area contributed by atoms with Crippen molar-refractivity contribution in [1.82, 2.24) is 9.78 Å². The van der Waals surface area contributed by atoms with Crippen molar-refractivity contribution in [2.24, 2.45) is 12.8 Å². The van der Waals surface area contributed by atoms with Crippen molar-refractivity contribution >= 4 is 0 Å². The van der Waals surface area contributed by atoms with E-state index in [1.807, 2.05) is 19.1 Å². The van der Waals surface area contributed by atoms with Crippen molar-refractivity contribution < 1.29 is 4.42 Å². The van der Waals surface area contributed by atoms with Gasteiger partial charge in [0.1, 0.15) is 11.5 Å². The number of hydrogen-bond acceptors (Lipinski definition) is 3. The fourth-order valence-electron chi connectivity index (χ4n) is 1.74. The van der Waals surface area contributed by atoms with E-state index in [9.17, 15) is 4.79 Å². The first-order valence-corrected chi connectivity index (χ1v) is 5.18. The summed E-state index contributed by atoms with van der Waals surface area (Å²) < 4.78 is 6.94. The zero-order valence-corrected chi connectivity index (χ0v) is 9.41. The van der Waals surface area contributed by atoms with Gasteiger partial charge >= 0.3 is 0 Å². The van der Waals surface area contributed by atoms with E-state index in [1.54, 1.807) is 7.05 Å². The molecule has 2 aromatic rings. The fraction of sp³-hybridized carbons (Fsp3) is 0.364. The molecule has 0 saturated carbocycles. The molecular formula is C11H15N3O2. The molecule has 16 heavy (non-hydrogen) atoms. The Kier molecular flexibility index (Phi) is 2.70. The van der Waals surface area contributed by atoms with Crippen LogP contribution in [-0.2, 0) is 13.5 Å². The Balaban J connectivity index is 2.56. The van der Waals surface area contributed by atoms with E-state index in [4.69, 9.17) is 10.2 Å². The number of aromatic nitrogens is 2. The molecule has 0 atom stereocenters. The van der Waals surface area contributed by atoms with Crippen molar-refractivity contribution in [3.63, 3.8) is 0 Å². The first-order chi connectivity index (χ1) is 7.63. The highest BCUT2D eigenvalue weighted by Crippen LogP contribution is 2.21. The van der Waals surface area contributed by atoms with Crippen LogP contribution in [0.5, 0.6) is 0 Å². The number of nitrogens with two attached hydrogens (primary N) is 1. The summed E-state index contributed by atoms with van der Waals surface area (Å²) in [4.78, 5) is 11.8. The molecule has 2 rings (SSSR count). The van der Waals surface area contributed by atoms with E-state index in [0.29, 0.717) is 24.3 Å². The van der Waals surface area contributed by atoms with Gasteiger partial charge in [-0.1, -0.05) is 0 Å². The summed E-state index contributed by atoms with van der Waals surface area (Å²) in [5.74, 6) is 1.50. The Morgan fingerprint density at radius 1 is 1.50 bits per heavy atom. The SMILES string of the molecule is Cc1ccc(-c2[nH]n(C)c(=O)c2CCN)o1. The number of aryl methyl sites for hydroxylation is 2. The third kappa shape index (κ3) is 1.69. The van der Waals surface area contributed by atoms with Gasteiger partial charge < -0.3 is 10.2 Å². The normalized spacial score (nSPS) is 10.9. The number of aromatic amines is 1. The summed E-state index contributed by atoms with van der Waals surface area (Å²) in [6.07, 6.45) is 0.547. The molecule has 2 heterocycles. The van der Waals surface area contributed by atoms with Crippen LogP contribution in [0.1, 0.15) is 11.3 Å². The number of nitrogens with zero attached hydrogens (tertiary/aromatic N) is 1. The van der Waals surface area contributed by atoms with Gasteiger partial charge in [0.25, 0.3) is 5.56 Å². The minimum Gasteiger partial charge on any atom is -0.460 e. The maximum Gasteiger partial charge on any atom is 0.270 e. The van der Waals surface area contributed by atoms with E-state index in [1.165, 1.54) is 4.68 Å². The molecule has 86 valence electrons. The average molecular weight is 221 g/mol. The molecule has 0 aliphatic carbocycles. The van der Waals surface area contributed by atoms with Gasteiger partial charge in [0, 0.05) is 12.6 Å². The Bertz CT molecular complexity index is 548. The zero-order valence-electron chi connectivity index (χ0n) is 9.41. The van der Waals surface area contributed by atoms with E-state index < -0.39 is 0 Å². The largest absolute Gasteiger partial charge is 0.460 e. The van der Waals surface area contributed by atoms with Crippen LogP contribution < -0.4 is 11.3 Å². The van der Waals surface area contributed by atoms with Crippen molar-refractivity contribution in [1.29, 1.82) is 0 Å². The highest BCUT2D eigenvalue weighted by Gasteiger charge is 2.15. The van der Waals surface area contributed by atoms with Crippen LogP contribution in [0.2, 0.25) is 0 Å². The minimum absolute atomic E-state index is 0.0468. The molecule has 5 nitrogen and oxygen atoms in total. The van der Waals surface area contributed by atoms with Crippen LogP contribution in [0, 0.1) is 6.92 Å². The topological polar surface area (TPSA) is 77.0 Å². The lowest BCUT2D eigenvalue weighted by Crippen LogP contribution is -2.17. The Labute approximate surface area is 92.9 Å². The Hall–Kier alpha value is -1.75. The molecule has 0 aromatic carbocycles. The molecule has 0 saturated heterocycles. The predicted molar refractivity (Wildman–Crippen MR) is 61.2 cm³/mol. The van der Waals surface area contributed by atoms with Crippen LogP contribution in [0.3, 0.4) is 0 Å². The molecule has 0 amide bonds. The second kappa shape index (κ2) is 4.02. The van der Waals surface area contributed by atoms with E-state index in [-0.39, 0.29) is 5.56 Å². The molecule has 3 N–H and O–H groups in total. The van der Waals surface area contributed by atoms with Gasteiger partial charge in [0.15, 0.2) is 5.76 Å². The van der Waals surface area contributed by atoms with E-state index in [2.05, 4.69) is 5.10 Å². The number of hydrogen-bond donors (Lipinski definition) is 2. The highest BCUT2D eigenvalue weighted by atomic mass is 16.3. The summed E-state index contributed by atoms with van der Waals surface area (Å²) >= 11 is 0. The number of rotatable bonds is 3. The molecule has 0 aliphatic heterocycles. The van der Waals surface area contributed by atoms with Crippen molar-refractivity contribution in [2.45, 2.75) is 13.3 Å². The molecule has 0 unspecified atom stereocenters. The lowest BCUT2D eigenvalue weighted by molar-refractivity contribution is 0.544. The summed E-state index contributed by atoms with van der Waals surface area (Å²) in [5, 5.41) is 2.98. The van der Waals surface area contributed by atoms with Crippen molar-refractivity contribution in [3.05, 3.63) is 33.8 Å². The molecule has 0 fully saturated rings. The molecule has 0 spiro atoms. The minimum atomic E-state index is -0.0468. The van der Waals surface area contributed by atoms with E-state index >= 15 is 0 Å². The zero-order chi connectivity index (χ0) is 11.7. The van der Waals surface area contributed by atoms with Crippen molar-refractivity contribution in [3.8, 4) is 11.5 Å². The smallest absolute Gasteiger partial charge is 0.270 e. The highest BCUT2D eigenvalue weighted by molar-refractivity contribution is 5.56. The number of H-pyrrole nitrogens is 1. The first kappa shape index (κ1) is 10.8. The maximum atomic E-state index is 11.8. The first-order valence-electron chi connectivity index (χ1n) is 5.18. The van der Waals surface area contributed by atoms with Crippen LogP contribution >= 0.6 is 0 Å². The van der Waals surface area contributed by atoms with E-state index in [0.717, 1.165) is 11.5 Å². The number of furan rings is 1. The summed E-state index contributed by atoms with van der Waals surface area (Å²) in [6.45, 7) is 2.31. The maximum absolute atomic E-state index is 11.8. The lowest BCUT2D eigenvalue weighted by Gasteiger charge is -1.96. The Morgan fingerprint density at radius 2 is 2.25 bits per heavy atom. The third-order valence-electron chi connectivity index (χ3n) is 2.53. The third-order valence-corrected chi connectivity index (χ3v) is 2.53. The molecule has 2 aromatic heterocycles. The molecule has 5 heteroatoms. The second-order valence-corrected chi connectivity index (χ2v) is 3.78. The van der Waals surface area contributed by atoms with Crippen LogP contribution in [0.4, 0.5) is 0 Å². The summed E-state index contributed by atoms with van der Waals surface area (Å²) in [5.41, 5.74) is 6.86. The molecular weight excluding hydrogens is 206 g/mol. The van der Waals surface area contributed by atoms with Gasteiger partial charge in [0.05, 0.1) is 0 Å². The predicted octanol–water partition coefficient (Wildman–Crippen LogP) is 0.783. The summed E-state index contributed by atoms with van der Waals surface area (Å²) in [7, 11) is 1.68. The lowest BCUT2D eigenvalue weighted by atomic mass is 10.1. The van der Waals surface area contributed by atoms with Crippen LogP contribution in [0.25, 0.3) is 11.5 Å². The van der Waals surface area contributed by atoms with Gasteiger partial charge in [-0.05, 0) is 32.0 Å². The van der Waals surface area contributed by atoms with Gasteiger partial charge in [0.2, 0.25) is 0 Å². The molecule has 0 aliphatic rings. The average Bonchev–Trinajstić information content (AvgIpc) is 2.78. The fourth-order valence-corrected chi connectivity index (χ4v) is 1.74. The quantitative estimate of drug-likeness (QED) is 0.804. The molecule has 0 radical (unpaired) electrons. The van der Waals surface area contributed by atoms with Gasteiger partial charge in [-0.3, -0.25) is 14.6 Å². The number of nitrogens with one attached hydrogen (secondary N) is 1. The van der Waals surface area contributed by atoms with Crippen molar-refractivity contribution in [2.75, 3.05) is 6.54 Å². The van der Waals surface area contributed by atoms with Crippen LogP contribution in [0.15, 0.2) is 21.3 Å².